The zero-order valence-electron chi connectivity index (χ0n) is 13.1. The summed E-state index contributed by atoms with van der Waals surface area (Å²) in [5.41, 5.74) is 2.91. The molecule has 0 saturated carbocycles. The molecule has 1 aromatic carbocycles. The molecule has 116 valence electrons. The van der Waals surface area contributed by atoms with E-state index in [-0.39, 0.29) is 0 Å². The molecule has 4 nitrogen and oxygen atoms in total. The smallest absolute Gasteiger partial charge is 0.119 e. The van der Waals surface area contributed by atoms with Crippen LogP contribution in [0.25, 0.3) is 0 Å². The number of nitrogens with zero attached hydrogens (tertiary/aromatic N) is 1. The minimum Gasteiger partial charge on any atom is -0.497 e. The van der Waals surface area contributed by atoms with Crippen LogP contribution in [0.5, 0.6) is 5.75 Å². The first kappa shape index (κ1) is 14.8. The second-order valence-electron chi connectivity index (χ2n) is 6.11. The van der Waals surface area contributed by atoms with Crippen molar-refractivity contribution in [2.24, 2.45) is 0 Å². The Labute approximate surface area is 127 Å². The molecule has 3 rings (SSSR count). The molecular weight excluding hydrogens is 264 g/mol. The highest BCUT2D eigenvalue weighted by Gasteiger charge is 2.26. The van der Waals surface area contributed by atoms with Crippen LogP contribution in [0.4, 0.5) is 0 Å². The number of nitrogens with one attached hydrogen (secondary N) is 1. The van der Waals surface area contributed by atoms with E-state index in [1.165, 1.54) is 30.4 Å². The Hall–Kier alpha value is -1.10. The molecule has 2 atom stereocenters. The average molecular weight is 290 g/mol. The molecule has 1 saturated heterocycles. The molecule has 1 aromatic rings. The molecule has 0 bridgehead atoms. The average Bonchev–Trinajstić information content (AvgIpc) is 2.54. The largest absolute Gasteiger partial charge is 0.497 e. The van der Waals surface area contributed by atoms with E-state index in [1.54, 1.807) is 7.11 Å². The van der Waals surface area contributed by atoms with Crippen LogP contribution in [-0.2, 0) is 11.2 Å². The number of hydrogen-bond donors (Lipinski definition) is 1. The minimum absolute atomic E-state index is 0.305. The van der Waals surface area contributed by atoms with Gasteiger partial charge in [-0.05, 0) is 49.6 Å². The summed E-state index contributed by atoms with van der Waals surface area (Å²) in [6, 6.07) is 7.01. The van der Waals surface area contributed by atoms with Gasteiger partial charge in [0.1, 0.15) is 5.75 Å². The maximum Gasteiger partial charge on any atom is 0.119 e. The second-order valence-corrected chi connectivity index (χ2v) is 6.11. The SMILES string of the molecule is COc1ccc2c(c1)C(N(C)CC1CNCCO1)CCC2. The number of likely N-dealkylation sites (N-methyl/N-ethyl adjacent to an activating group) is 1. The normalized spacial score (nSPS) is 25.7. The number of ether oxygens (including phenoxy) is 2. The summed E-state index contributed by atoms with van der Waals surface area (Å²) in [4.78, 5) is 2.45. The number of rotatable bonds is 4. The van der Waals surface area contributed by atoms with E-state index in [0.717, 1.165) is 32.0 Å². The maximum atomic E-state index is 5.84. The lowest BCUT2D eigenvalue weighted by Gasteiger charge is -2.36. The van der Waals surface area contributed by atoms with Crippen LogP contribution >= 0.6 is 0 Å². The summed E-state index contributed by atoms with van der Waals surface area (Å²) < 4.78 is 11.2. The summed E-state index contributed by atoms with van der Waals surface area (Å²) >= 11 is 0. The lowest BCUT2D eigenvalue weighted by Crippen LogP contribution is -2.45. The van der Waals surface area contributed by atoms with E-state index < -0.39 is 0 Å². The Balaban J connectivity index is 1.73. The molecule has 2 aliphatic rings. The van der Waals surface area contributed by atoms with Crippen LogP contribution < -0.4 is 10.1 Å². The first-order chi connectivity index (χ1) is 10.3. The van der Waals surface area contributed by atoms with Gasteiger partial charge in [-0.3, -0.25) is 4.90 Å². The Bertz CT molecular complexity index is 472. The Morgan fingerprint density at radius 2 is 2.33 bits per heavy atom. The third-order valence-electron chi connectivity index (χ3n) is 4.66. The monoisotopic (exact) mass is 290 g/mol. The standard InChI is InChI=1S/C17H26N2O2/c1-19(12-15-11-18-8-9-21-15)17-5-3-4-13-6-7-14(20-2)10-16(13)17/h6-7,10,15,17-18H,3-5,8-9,11-12H2,1-2H3. The van der Waals surface area contributed by atoms with Crippen LogP contribution in [0.15, 0.2) is 18.2 Å². The van der Waals surface area contributed by atoms with Crippen molar-refractivity contribution in [3.63, 3.8) is 0 Å². The Morgan fingerprint density at radius 1 is 1.43 bits per heavy atom. The van der Waals surface area contributed by atoms with E-state index in [4.69, 9.17) is 9.47 Å². The molecule has 1 N–H and O–H groups in total. The van der Waals surface area contributed by atoms with Crippen LogP contribution in [0.1, 0.15) is 30.0 Å². The van der Waals surface area contributed by atoms with Crippen molar-refractivity contribution in [1.82, 2.24) is 10.2 Å². The molecule has 1 aliphatic carbocycles. The van der Waals surface area contributed by atoms with Gasteiger partial charge in [0, 0.05) is 25.7 Å². The van der Waals surface area contributed by atoms with Crippen molar-refractivity contribution in [2.75, 3.05) is 40.4 Å². The van der Waals surface area contributed by atoms with E-state index in [2.05, 4.69) is 35.5 Å². The summed E-state index contributed by atoms with van der Waals surface area (Å²) in [6.45, 7) is 3.74. The van der Waals surface area contributed by atoms with Crippen molar-refractivity contribution in [2.45, 2.75) is 31.4 Å². The Kier molecular flexibility index (Phi) is 4.78. The van der Waals surface area contributed by atoms with Gasteiger partial charge >= 0.3 is 0 Å². The first-order valence-electron chi connectivity index (χ1n) is 7.97. The molecule has 1 heterocycles. The number of benzene rings is 1. The summed E-state index contributed by atoms with van der Waals surface area (Å²) in [7, 11) is 3.96. The van der Waals surface area contributed by atoms with Crippen LogP contribution in [0.2, 0.25) is 0 Å². The maximum absolute atomic E-state index is 5.84. The van der Waals surface area contributed by atoms with E-state index >= 15 is 0 Å². The predicted molar refractivity (Wildman–Crippen MR) is 83.9 cm³/mol. The minimum atomic E-state index is 0.305. The fourth-order valence-corrected chi connectivity index (χ4v) is 3.52. The lowest BCUT2D eigenvalue weighted by atomic mass is 9.86. The van der Waals surface area contributed by atoms with Crippen molar-refractivity contribution in [3.05, 3.63) is 29.3 Å². The van der Waals surface area contributed by atoms with Crippen molar-refractivity contribution in [1.29, 1.82) is 0 Å². The number of morpholine rings is 1. The molecule has 1 fully saturated rings. The summed E-state index contributed by atoms with van der Waals surface area (Å²) in [6.07, 6.45) is 3.97. The quantitative estimate of drug-likeness (QED) is 0.919. The number of aryl methyl sites for hydroxylation is 1. The molecule has 21 heavy (non-hydrogen) atoms. The highest BCUT2D eigenvalue weighted by molar-refractivity contribution is 5.39. The summed E-state index contributed by atoms with van der Waals surface area (Å²) in [5.74, 6) is 0.963. The zero-order chi connectivity index (χ0) is 14.7. The van der Waals surface area contributed by atoms with E-state index in [9.17, 15) is 0 Å². The molecular formula is C17H26N2O2. The van der Waals surface area contributed by atoms with Crippen molar-refractivity contribution < 1.29 is 9.47 Å². The molecule has 0 radical (unpaired) electrons. The molecule has 1 aliphatic heterocycles. The van der Waals surface area contributed by atoms with E-state index in [0.29, 0.717) is 12.1 Å². The third kappa shape index (κ3) is 3.39. The first-order valence-corrected chi connectivity index (χ1v) is 7.97. The number of methoxy groups -OCH3 is 1. The van der Waals surface area contributed by atoms with Gasteiger partial charge in [-0.2, -0.15) is 0 Å². The molecule has 0 aromatic heterocycles. The Morgan fingerprint density at radius 3 is 3.10 bits per heavy atom. The molecule has 0 spiro atoms. The van der Waals surface area contributed by atoms with Crippen LogP contribution in [0, 0.1) is 0 Å². The van der Waals surface area contributed by atoms with Gasteiger partial charge in [-0.1, -0.05) is 6.07 Å². The van der Waals surface area contributed by atoms with Gasteiger partial charge in [0.25, 0.3) is 0 Å². The lowest BCUT2D eigenvalue weighted by molar-refractivity contribution is 0.00121. The van der Waals surface area contributed by atoms with Gasteiger partial charge in [0.05, 0.1) is 19.8 Å². The van der Waals surface area contributed by atoms with Gasteiger partial charge in [0.15, 0.2) is 0 Å². The fourth-order valence-electron chi connectivity index (χ4n) is 3.52. The van der Waals surface area contributed by atoms with Crippen molar-refractivity contribution in [3.8, 4) is 5.75 Å². The highest BCUT2D eigenvalue weighted by atomic mass is 16.5. The number of fused-ring (bicyclic) bond motifs is 1. The van der Waals surface area contributed by atoms with Gasteiger partial charge < -0.3 is 14.8 Å². The van der Waals surface area contributed by atoms with Crippen LogP contribution in [-0.4, -0.2) is 51.4 Å². The van der Waals surface area contributed by atoms with E-state index in [1.807, 2.05) is 0 Å². The fraction of sp³-hybridized carbons (Fsp3) is 0.647. The topological polar surface area (TPSA) is 33.7 Å². The number of hydrogen-bond acceptors (Lipinski definition) is 4. The zero-order valence-corrected chi connectivity index (χ0v) is 13.1. The summed E-state index contributed by atoms with van der Waals surface area (Å²) in [5, 5.41) is 3.41. The molecule has 4 heteroatoms. The van der Waals surface area contributed by atoms with Gasteiger partial charge in [-0.25, -0.2) is 0 Å². The van der Waals surface area contributed by atoms with Gasteiger partial charge in [0.2, 0.25) is 0 Å². The third-order valence-corrected chi connectivity index (χ3v) is 4.66. The van der Waals surface area contributed by atoms with Crippen molar-refractivity contribution >= 4 is 0 Å². The van der Waals surface area contributed by atoms with Crippen LogP contribution in [0.3, 0.4) is 0 Å². The molecule has 0 amide bonds. The second kappa shape index (κ2) is 6.77. The predicted octanol–water partition coefficient (Wildman–Crippen LogP) is 1.99. The molecule has 2 unspecified atom stereocenters. The highest BCUT2D eigenvalue weighted by Crippen LogP contribution is 2.35. The van der Waals surface area contributed by atoms with Gasteiger partial charge in [-0.15, -0.1) is 0 Å².